The normalized spacial score (nSPS) is 25.2. The Morgan fingerprint density at radius 1 is 1.03 bits per heavy atom. The number of nitrogens with zero attached hydrogens (tertiary/aromatic N) is 2. The Morgan fingerprint density at radius 3 is 2.36 bits per heavy atom. The molecule has 33 heavy (non-hydrogen) atoms. The van der Waals surface area contributed by atoms with Crippen LogP contribution in [0.3, 0.4) is 0 Å². The van der Waals surface area contributed by atoms with Crippen LogP contribution in [-0.4, -0.2) is 46.4 Å². The van der Waals surface area contributed by atoms with E-state index in [0.717, 1.165) is 63.7 Å². The molecule has 0 unspecified atom stereocenters. The Balaban J connectivity index is 1.37. The zero-order chi connectivity index (χ0) is 23.0. The van der Waals surface area contributed by atoms with Gasteiger partial charge in [-0.1, -0.05) is 25.0 Å². The van der Waals surface area contributed by atoms with Crippen molar-refractivity contribution in [1.82, 2.24) is 15.1 Å². The lowest BCUT2D eigenvalue weighted by Gasteiger charge is -2.41. The van der Waals surface area contributed by atoms with Crippen LogP contribution in [0.15, 0.2) is 36.4 Å². The van der Waals surface area contributed by atoms with E-state index >= 15 is 0 Å². The van der Waals surface area contributed by atoms with Crippen molar-refractivity contribution in [1.29, 1.82) is 0 Å². The number of piperidine rings is 1. The van der Waals surface area contributed by atoms with Gasteiger partial charge in [0.25, 0.3) is 5.91 Å². The molecule has 2 saturated heterocycles. The van der Waals surface area contributed by atoms with Gasteiger partial charge < -0.3 is 5.32 Å². The molecule has 1 atom stereocenters. The molecule has 5 nitrogen and oxygen atoms in total. The van der Waals surface area contributed by atoms with Gasteiger partial charge >= 0.3 is 6.03 Å². The predicted molar refractivity (Wildman–Crippen MR) is 128 cm³/mol. The average Bonchev–Trinajstić information content (AvgIpc) is 3.52. The maximum absolute atomic E-state index is 13.9. The van der Waals surface area contributed by atoms with Crippen LogP contribution in [0.1, 0.15) is 53.8 Å². The van der Waals surface area contributed by atoms with E-state index in [9.17, 15) is 14.0 Å². The van der Waals surface area contributed by atoms with Gasteiger partial charge in [-0.15, -0.1) is 11.3 Å². The summed E-state index contributed by atoms with van der Waals surface area (Å²) in [5.41, 5.74) is -0.0573. The number of thiophene rings is 1. The van der Waals surface area contributed by atoms with Crippen molar-refractivity contribution in [2.45, 2.75) is 70.0 Å². The van der Waals surface area contributed by atoms with E-state index in [1.807, 2.05) is 11.3 Å². The fourth-order valence-electron chi connectivity index (χ4n) is 5.95. The van der Waals surface area contributed by atoms with Gasteiger partial charge in [0.15, 0.2) is 0 Å². The highest BCUT2D eigenvalue weighted by molar-refractivity contribution is 7.11. The summed E-state index contributed by atoms with van der Waals surface area (Å²) in [6, 6.07) is 10.5. The standard InChI is InChI=1S/C26H32FN3O2S/c1-18-6-11-23(33-18)17-29-14-12-20(13-15-29)26(16-19-7-9-21(27)10-8-19)24(31)30(25(32)28-26)22-4-2-3-5-22/h6-11,20,22H,2-5,12-17H2,1H3,(H,28,32)/t26-/m0/s1. The zero-order valence-corrected chi connectivity index (χ0v) is 20.0. The summed E-state index contributed by atoms with van der Waals surface area (Å²) in [6.45, 7) is 4.87. The Labute approximate surface area is 199 Å². The molecule has 0 radical (unpaired) electrons. The van der Waals surface area contributed by atoms with Crippen LogP contribution in [0.2, 0.25) is 0 Å². The second-order valence-corrected chi connectivity index (χ2v) is 11.3. The summed E-state index contributed by atoms with van der Waals surface area (Å²) in [7, 11) is 0. The van der Waals surface area contributed by atoms with Gasteiger partial charge in [-0.3, -0.25) is 14.6 Å². The predicted octanol–water partition coefficient (Wildman–Crippen LogP) is 4.88. The summed E-state index contributed by atoms with van der Waals surface area (Å²) < 4.78 is 13.5. The summed E-state index contributed by atoms with van der Waals surface area (Å²) >= 11 is 1.83. The van der Waals surface area contributed by atoms with Crippen molar-refractivity contribution < 1.29 is 14.0 Å². The average molecular weight is 470 g/mol. The molecule has 0 bridgehead atoms. The zero-order valence-electron chi connectivity index (χ0n) is 19.2. The molecule has 0 spiro atoms. The molecule has 1 aromatic heterocycles. The van der Waals surface area contributed by atoms with Crippen molar-refractivity contribution in [2.75, 3.05) is 13.1 Å². The molecule has 176 valence electrons. The Kier molecular flexibility index (Phi) is 6.27. The molecule has 3 heterocycles. The van der Waals surface area contributed by atoms with E-state index in [1.54, 1.807) is 12.1 Å². The molecule has 3 amide bonds. The van der Waals surface area contributed by atoms with E-state index in [1.165, 1.54) is 26.8 Å². The first-order valence-corrected chi connectivity index (χ1v) is 12.9. The van der Waals surface area contributed by atoms with Gasteiger partial charge in [-0.2, -0.15) is 0 Å². The van der Waals surface area contributed by atoms with Gasteiger partial charge in [-0.05, 0) is 81.4 Å². The number of rotatable bonds is 6. The minimum absolute atomic E-state index is 0.00903. The molecule has 1 aliphatic carbocycles. The van der Waals surface area contributed by atoms with Gasteiger partial charge in [0.05, 0.1) is 0 Å². The van der Waals surface area contributed by atoms with Crippen molar-refractivity contribution in [3.05, 3.63) is 57.5 Å². The van der Waals surface area contributed by atoms with Crippen LogP contribution < -0.4 is 5.32 Å². The topological polar surface area (TPSA) is 52.7 Å². The molecule has 3 fully saturated rings. The number of urea groups is 1. The number of nitrogens with one attached hydrogen (secondary N) is 1. The van der Waals surface area contributed by atoms with Crippen LogP contribution in [-0.2, 0) is 17.8 Å². The van der Waals surface area contributed by atoms with Crippen molar-refractivity contribution >= 4 is 23.3 Å². The molecule has 7 heteroatoms. The number of carbonyl (C=O) groups excluding carboxylic acids is 2. The van der Waals surface area contributed by atoms with E-state index in [2.05, 4.69) is 29.3 Å². The van der Waals surface area contributed by atoms with Crippen LogP contribution in [0.5, 0.6) is 0 Å². The number of hydrogen-bond acceptors (Lipinski definition) is 4. The van der Waals surface area contributed by atoms with Crippen LogP contribution in [0.25, 0.3) is 0 Å². The highest BCUT2D eigenvalue weighted by Crippen LogP contribution is 2.39. The molecule has 1 saturated carbocycles. The van der Waals surface area contributed by atoms with E-state index in [-0.39, 0.29) is 29.7 Å². The molecule has 2 aromatic rings. The first-order valence-electron chi connectivity index (χ1n) is 12.1. The van der Waals surface area contributed by atoms with E-state index < -0.39 is 5.54 Å². The van der Waals surface area contributed by atoms with Gasteiger partial charge in [0.1, 0.15) is 11.4 Å². The number of hydrogen-bond donors (Lipinski definition) is 1. The minimum atomic E-state index is -0.941. The minimum Gasteiger partial charge on any atom is -0.322 e. The number of aryl methyl sites for hydroxylation is 1. The second kappa shape index (κ2) is 9.18. The Hall–Kier alpha value is -2.25. The fraction of sp³-hybridized carbons (Fsp3) is 0.538. The summed E-state index contributed by atoms with van der Waals surface area (Å²) in [5, 5.41) is 3.17. The van der Waals surface area contributed by atoms with Crippen LogP contribution in [0.4, 0.5) is 9.18 Å². The lowest BCUT2D eigenvalue weighted by Crippen LogP contribution is -2.57. The molecule has 1 N–H and O–H groups in total. The lowest BCUT2D eigenvalue weighted by atomic mass is 9.73. The molecule has 1 aromatic carbocycles. The molecule has 5 rings (SSSR count). The van der Waals surface area contributed by atoms with Gasteiger partial charge in [0.2, 0.25) is 0 Å². The fourth-order valence-corrected chi connectivity index (χ4v) is 6.88. The first kappa shape index (κ1) is 22.5. The largest absolute Gasteiger partial charge is 0.325 e. The maximum Gasteiger partial charge on any atom is 0.325 e. The third-order valence-electron chi connectivity index (χ3n) is 7.70. The van der Waals surface area contributed by atoms with Crippen LogP contribution >= 0.6 is 11.3 Å². The summed E-state index contributed by atoms with van der Waals surface area (Å²) in [4.78, 5) is 33.7. The third-order valence-corrected chi connectivity index (χ3v) is 8.68. The highest BCUT2D eigenvalue weighted by atomic mass is 32.1. The van der Waals surface area contributed by atoms with Crippen LogP contribution in [0, 0.1) is 18.7 Å². The monoisotopic (exact) mass is 469 g/mol. The quantitative estimate of drug-likeness (QED) is 0.614. The Morgan fingerprint density at radius 2 is 1.73 bits per heavy atom. The second-order valence-electron chi connectivity index (χ2n) is 9.88. The van der Waals surface area contributed by atoms with Gasteiger partial charge in [0, 0.05) is 28.8 Å². The Bertz CT molecular complexity index is 1010. The summed E-state index contributed by atoms with van der Waals surface area (Å²) in [5.74, 6) is -0.304. The van der Waals surface area contributed by atoms with E-state index in [4.69, 9.17) is 0 Å². The number of benzene rings is 1. The number of halogens is 1. The highest BCUT2D eigenvalue weighted by Gasteiger charge is 2.57. The molecule has 3 aliphatic rings. The maximum atomic E-state index is 13.9. The number of amides is 3. The van der Waals surface area contributed by atoms with Crippen molar-refractivity contribution in [3.63, 3.8) is 0 Å². The molecular formula is C26H32FN3O2S. The summed E-state index contributed by atoms with van der Waals surface area (Å²) in [6.07, 6.45) is 6.04. The number of likely N-dealkylation sites (tertiary alicyclic amines) is 1. The number of carbonyl (C=O) groups is 2. The third kappa shape index (κ3) is 4.45. The van der Waals surface area contributed by atoms with Gasteiger partial charge in [-0.25, -0.2) is 9.18 Å². The first-order chi connectivity index (χ1) is 15.9. The van der Waals surface area contributed by atoms with E-state index in [0.29, 0.717) is 6.42 Å². The SMILES string of the molecule is Cc1ccc(CN2CCC([C@]3(Cc4ccc(F)cc4)NC(=O)N(C4CCCC4)C3=O)CC2)s1. The van der Waals surface area contributed by atoms with Crippen molar-refractivity contribution in [3.8, 4) is 0 Å². The number of imide groups is 1. The molecular weight excluding hydrogens is 437 g/mol. The smallest absolute Gasteiger partial charge is 0.322 e. The molecule has 2 aliphatic heterocycles. The van der Waals surface area contributed by atoms with Crippen molar-refractivity contribution in [2.24, 2.45) is 5.92 Å². The lowest BCUT2D eigenvalue weighted by molar-refractivity contribution is -0.135.